The number of hydrogen-bond acceptors (Lipinski definition) is 2. The van der Waals surface area contributed by atoms with Crippen LogP contribution in [0.2, 0.25) is 19.6 Å². The van der Waals surface area contributed by atoms with E-state index in [1.165, 1.54) is 0 Å². The van der Waals surface area contributed by atoms with Crippen molar-refractivity contribution >= 4 is 18.1 Å². The Hall–Kier alpha value is -1.43. The van der Waals surface area contributed by atoms with Crippen LogP contribution in [0.3, 0.4) is 0 Å². The fraction of sp³-hybridized carbons (Fsp3) is 0.294. The van der Waals surface area contributed by atoms with E-state index in [-0.39, 0.29) is 5.67 Å². The standard InChI is InChI=1S/C17H23NO2SSi/c1-14-10-12-16(13-11-14)21(19,20)18-17(22(2,3)4)15-8-6-5-7-9-15/h5-13,17-18H,1-4H3. The van der Waals surface area contributed by atoms with E-state index in [1.807, 2.05) is 49.4 Å². The second-order valence-electron chi connectivity index (χ2n) is 6.64. The van der Waals surface area contributed by atoms with Gasteiger partial charge in [0.25, 0.3) is 0 Å². The average molecular weight is 334 g/mol. The molecule has 0 aliphatic carbocycles. The van der Waals surface area contributed by atoms with E-state index < -0.39 is 18.1 Å². The monoisotopic (exact) mass is 333 g/mol. The number of hydrogen-bond donors (Lipinski definition) is 1. The van der Waals surface area contributed by atoms with E-state index in [2.05, 4.69) is 24.4 Å². The second-order valence-corrected chi connectivity index (χ2v) is 13.7. The van der Waals surface area contributed by atoms with Crippen LogP contribution in [-0.2, 0) is 10.0 Å². The minimum absolute atomic E-state index is 0.153. The third kappa shape index (κ3) is 4.06. The molecule has 0 amide bonds. The molecule has 0 aliphatic heterocycles. The van der Waals surface area contributed by atoms with Gasteiger partial charge in [-0.25, -0.2) is 13.1 Å². The van der Waals surface area contributed by atoms with Crippen LogP contribution in [0.25, 0.3) is 0 Å². The Balaban J connectivity index is 2.37. The van der Waals surface area contributed by atoms with Gasteiger partial charge in [0.1, 0.15) is 0 Å². The van der Waals surface area contributed by atoms with E-state index in [4.69, 9.17) is 0 Å². The quantitative estimate of drug-likeness (QED) is 0.844. The van der Waals surface area contributed by atoms with Gasteiger partial charge in [0, 0.05) is 5.67 Å². The zero-order valence-electron chi connectivity index (χ0n) is 13.5. The zero-order valence-corrected chi connectivity index (χ0v) is 15.3. The molecule has 118 valence electrons. The van der Waals surface area contributed by atoms with Crippen LogP contribution >= 0.6 is 0 Å². The van der Waals surface area contributed by atoms with Crippen LogP contribution in [-0.4, -0.2) is 16.5 Å². The highest BCUT2D eigenvalue weighted by Gasteiger charge is 2.32. The molecule has 0 radical (unpaired) electrons. The second kappa shape index (κ2) is 6.36. The summed E-state index contributed by atoms with van der Waals surface area (Å²) in [4.78, 5) is 0.317. The number of nitrogens with one attached hydrogen (secondary N) is 1. The lowest BCUT2D eigenvalue weighted by Gasteiger charge is -2.30. The van der Waals surface area contributed by atoms with Gasteiger partial charge in [-0.3, -0.25) is 0 Å². The van der Waals surface area contributed by atoms with E-state index in [0.717, 1.165) is 11.1 Å². The maximum atomic E-state index is 12.7. The van der Waals surface area contributed by atoms with Crippen molar-refractivity contribution in [3.05, 3.63) is 65.7 Å². The molecule has 0 bridgehead atoms. The molecule has 2 aromatic carbocycles. The first-order valence-corrected chi connectivity index (χ1v) is 12.4. The van der Waals surface area contributed by atoms with Crippen LogP contribution in [0.5, 0.6) is 0 Å². The first-order chi connectivity index (χ1) is 10.2. The highest BCUT2D eigenvalue weighted by Crippen LogP contribution is 2.26. The van der Waals surface area contributed by atoms with Gasteiger partial charge in [0.15, 0.2) is 0 Å². The van der Waals surface area contributed by atoms with Gasteiger partial charge in [0.05, 0.1) is 13.0 Å². The average Bonchev–Trinajstić information content (AvgIpc) is 2.45. The third-order valence-electron chi connectivity index (χ3n) is 3.60. The summed E-state index contributed by atoms with van der Waals surface area (Å²) in [6, 6.07) is 16.8. The highest BCUT2D eigenvalue weighted by molar-refractivity contribution is 7.89. The Morgan fingerprint density at radius 1 is 0.909 bits per heavy atom. The van der Waals surface area contributed by atoms with Gasteiger partial charge >= 0.3 is 0 Å². The van der Waals surface area contributed by atoms with Crippen molar-refractivity contribution in [3.63, 3.8) is 0 Å². The molecule has 0 fully saturated rings. The number of sulfonamides is 1. The maximum absolute atomic E-state index is 12.7. The number of benzene rings is 2. The SMILES string of the molecule is Cc1ccc(S(=O)(=O)NC(c2ccccc2)[Si](C)(C)C)cc1. The maximum Gasteiger partial charge on any atom is 0.240 e. The van der Waals surface area contributed by atoms with Crippen molar-refractivity contribution in [3.8, 4) is 0 Å². The molecular weight excluding hydrogens is 310 g/mol. The van der Waals surface area contributed by atoms with Crippen molar-refractivity contribution < 1.29 is 8.42 Å². The van der Waals surface area contributed by atoms with Crippen molar-refractivity contribution in [2.24, 2.45) is 0 Å². The predicted octanol–water partition coefficient (Wildman–Crippen LogP) is 3.89. The Morgan fingerprint density at radius 2 is 1.45 bits per heavy atom. The topological polar surface area (TPSA) is 46.2 Å². The zero-order chi connectivity index (χ0) is 16.4. The fourth-order valence-corrected chi connectivity index (χ4v) is 6.48. The summed E-state index contributed by atoms with van der Waals surface area (Å²) in [5.74, 6) is 0. The Bertz CT molecular complexity index is 720. The Morgan fingerprint density at radius 3 is 1.95 bits per heavy atom. The minimum atomic E-state index is -3.52. The van der Waals surface area contributed by atoms with Crippen LogP contribution < -0.4 is 4.72 Å². The first-order valence-electron chi connectivity index (χ1n) is 7.34. The van der Waals surface area contributed by atoms with Gasteiger partial charge in [-0.15, -0.1) is 0 Å². The van der Waals surface area contributed by atoms with E-state index in [9.17, 15) is 8.42 Å². The summed E-state index contributed by atoms with van der Waals surface area (Å²) in [6.45, 7) is 8.45. The van der Waals surface area contributed by atoms with Crippen molar-refractivity contribution in [2.75, 3.05) is 0 Å². The molecule has 0 spiro atoms. The molecule has 1 N–H and O–H groups in total. The largest absolute Gasteiger partial charge is 0.240 e. The van der Waals surface area contributed by atoms with Crippen molar-refractivity contribution in [1.29, 1.82) is 0 Å². The van der Waals surface area contributed by atoms with Gasteiger partial charge in [-0.05, 0) is 24.6 Å². The minimum Gasteiger partial charge on any atom is -0.207 e. The van der Waals surface area contributed by atoms with Crippen LogP contribution in [0.1, 0.15) is 16.8 Å². The lowest BCUT2D eigenvalue weighted by Crippen LogP contribution is -2.43. The fourth-order valence-electron chi connectivity index (χ4n) is 2.33. The summed E-state index contributed by atoms with van der Waals surface area (Å²) < 4.78 is 28.3. The summed E-state index contributed by atoms with van der Waals surface area (Å²) in [6.07, 6.45) is 0. The molecule has 2 aromatic rings. The number of aryl methyl sites for hydroxylation is 1. The lowest BCUT2D eigenvalue weighted by molar-refractivity contribution is 0.577. The molecule has 0 saturated heterocycles. The molecule has 0 saturated carbocycles. The smallest absolute Gasteiger partial charge is 0.207 e. The molecule has 0 aliphatic rings. The van der Waals surface area contributed by atoms with Gasteiger partial charge in [0.2, 0.25) is 10.0 Å². The summed E-state index contributed by atoms with van der Waals surface area (Å²) in [7, 11) is -5.29. The molecule has 5 heteroatoms. The van der Waals surface area contributed by atoms with Crippen LogP contribution in [0.4, 0.5) is 0 Å². The van der Waals surface area contributed by atoms with E-state index in [0.29, 0.717) is 4.90 Å². The van der Waals surface area contributed by atoms with Gasteiger partial charge < -0.3 is 0 Å². The highest BCUT2D eigenvalue weighted by atomic mass is 32.2. The van der Waals surface area contributed by atoms with E-state index >= 15 is 0 Å². The molecule has 0 aromatic heterocycles. The van der Waals surface area contributed by atoms with Gasteiger partial charge in [-0.1, -0.05) is 67.7 Å². The molecule has 1 atom stereocenters. The molecule has 3 nitrogen and oxygen atoms in total. The van der Waals surface area contributed by atoms with E-state index in [1.54, 1.807) is 12.1 Å². The third-order valence-corrected chi connectivity index (χ3v) is 7.46. The first kappa shape index (κ1) is 16.9. The van der Waals surface area contributed by atoms with Gasteiger partial charge in [-0.2, -0.15) is 0 Å². The summed E-state index contributed by atoms with van der Waals surface area (Å²) in [5.41, 5.74) is 1.92. The number of rotatable bonds is 5. The Kier molecular flexibility index (Phi) is 4.89. The normalized spacial score (nSPS) is 13.8. The van der Waals surface area contributed by atoms with Crippen LogP contribution in [0, 0.1) is 6.92 Å². The lowest BCUT2D eigenvalue weighted by atomic mass is 10.2. The predicted molar refractivity (Wildman–Crippen MR) is 94.0 cm³/mol. The molecular formula is C17H23NO2SSi. The molecule has 2 rings (SSSR count). The Labute approximate surface area is 134 Å². The summed E-state index contributed by atoms with van der Waals surface area (Å²) >= 11 is 0. The molecule has 1 unspecified atom stereocenters. The molecule has 0 heterocycles. The summed E-state index contributed by atoms with van der Waals surface area (Å²) in [5, 5.41) is 0. The van der Waals surface area contributed by atoms with Crippen molar-refractivity contribution in [2.45, 2.75) is 37.1 Å². The molecule has 22 heavy (non-hydrogen) atoms. The van der Waals surface area contributed by atoms with Crippen LogP contribution in [0.15, 0.2) is 59.5 Å². The van der Waals surface area contributed by atoms with Crippen molar-refractivity contribution in [1.82, 2.24) is 4.72 Å².